The van der Waals surface area contributed by atoms with Crippen molar-refractivity contribution < 1.29 is 0 Å². The van der Waals surface area contributed by atoms with Crippen LogP contribution in [-0.2, 0) is 6.54 Å². The number of hydrogen-bond acceptors (Lipinski definition) is 3. The van der Waals surface area contributed by atoms with E-state index in [0.29, 0.717) is 6.54 Å². The third kappa shape index (κ3) is 1.38. The number of nitrogens with one attached hydrogen (secondary N) is 1. The summed E-state index contributed by atoms with van der Waals surface area (Å²) in [5.74, 6) is 0. The quantitative estimate of drug-likeness (QED) is 0.765. The van der Waals surface area contributed by atoms with E-state index in [-0.39, 0.29) is 0 Å². The molecule has 0 aliphatic heterocycles. The molecule has 0 radical (unpaired) electrons. The van der Waals surface area contributed by atoms with Crippen molar-refractivity contribution in [1.29, 1.82) is 0 Å². The van der Waals surface area contributed by atoms with E-state index in [4.69, 9.17) is 5.73 Å². The first kappa shape index (κ1) is 8.47. The molecule has 0 bridgehead atoms. The van der Waals surface area contributed by atoms with Crippen molar-refractivity contribution in [3.8, 4) is 10.6 Å². The molecule has 0 aromatic carbocycles. The van der Waals surface area contributed by atoms with Gasteiger partial charge in [-0.15, -0.1) is 11.3 Å². The first-order chi connectivity index (χ1) is 6.33. The van der Waals surface area contributed by atoms with Crippen LogP contribution in [0.4, 0.5) is 0 Å². The Hall–Kier alpha value is -1.13. The number of H-pyrrole nitrogens is 1. The summed E-state index contributed by atoms with van der Waals surface area (Å²) in [7, 11) is 0. The number of aryl methyl sites for hydroxylation is 1. The monoisotopic (exact) mass is 193 g/mol. The van der Waals surface area contributed by atoms with Gasteiger partial charge in [0.25, 0.3) is 0 Å². The Morgan fingerprint density at radius 1 is 1.62 bits per heavy atom. The molecule has 0 saturated heterocycles. The van der Waals surface area contributed by atoms with Gasteiger partial charge in [-0.1, -0.05) is 0 Å². The van der Waals surface area contributed by atoms with Gasteiger partial charge < -0.3 is 5.73 Å². The molecule has 3 N–H and O–H groups in total. The van der Waals surface area contributed by atoms with Crippen molar-refractivity contribution in [1.82, 2.24) is 10.2 Å². The molecule has 0 unspecified atom stereocenters. The molecule has 2 aromatic heterocycles. The Labute approximate surface area is 80.6 Å². The highest BCUT2D eigenvalue weighted by Crippen LogP contribution is 2.29. The van der Waals surface area contributed by atoms with E-state index in [0.717, 1.165) is 11.3 Å². The number of rotatable bonds is 2. The fourth-order valence-corrected chi connectivity index (χ4v) is 2.25. The van der Waals surface area contributed by atoms with E-state index < -0.39 is 0 Å². The minimum atomic E-state index is 0.531. The smallest absolute Gasteiger partial charge is 0.0797 e. The van der Waals surface area contributed by atoms with Crippen LogP contribution < -0.4 is 5.73 Å². The highest BCUT2D eigenvalue weighted by Gasteiger charge is 2.09. The molecule has 0 spiro atoms. The Morgan fingerprint density at radius 3 is 3.08 bits per heavy atom. The first-order valence-corrected chi connectivity index (χ1v) is 4.97. The van der Waals surface area contributed by atoms with Crippen molar-refractivity contribution in [3.05, 3.63) is 28.8 Å². The Balaban J connectivity index is 2.52. The zero-order valence-electron chi connectivity index (χ0n) is 7.37. The van der Waals surface area contributed by atoms with Gasteiger partial charge in [-0.2, -0.15) is 5.10 Å². The molecule has 2 rings (SSSR count). The molecule has 13 heavy (non-hydrogen) atoms. The predicted octanol–water partition coefficient (Wildman–Crippen LogP) is 1.91. The second-order valence-electron chi connectivity index (χ2n) is 2.91. The van der Waals surface area contributed by atoms with Gasteiger partial charge in [-0.3, -0.25) is 5.10 Å². The lowest BCUT2D eigenvalue weighted by molar-refractivity contribution is 1.08. The SMILES string of the molecule is Cc1ccsc1-c1[nH]ncc1CN. The summed E-state index contributed by atoms with van der Waals surface area (Å²) in [4.78, 5) is 1.23. The number of thiophene rings is 1. The van der Waals surface area contributed by atoms with E-state index in [1.165, 1.54) is 10.4 Å². The molecular formula is C9H11N3S. The van der Waals surface area contributed by atoms with Gasteiger partial charge in [-0.25, -0.2) is 0 Å². The zero-order chi connectivity index (χ0) is 9.26. The van der Waals surface area contributed by atoms with Crippen LogP contribution >= 0.6 is 11.3 Å². The molecule has 0 aliphatic rings. The van der Waals surface area contributed by atoms with Gasteiger partial charge >= 0.3 is 0 Å². The third-order valence-corrected chi connectivity index (χ3v) is 3.06. The van der Waals surface area contributed by atoms with Crippen LogP contribution in [0, 0.1) is 6.92 Å². The van der Waals surface area contributed by atoms with E-state index in [1.54, 1.807) is 17.5 Å². The van der Waals surface area contributed by atoms with Crippen molar-refractivity contribution >= 4 is 11.3 Å². The van der Waals surface area contributed by atoms with Crippen LogP contribution in [0.2, 0.25) is 0 Å². The Bertz CT molecular complexity index is 402. The molecule has 3 nitrogen and oxygen atoms in total. The molecule has 4 heteroatoms. The molecule has 2 aromatic rings. The molecule has 0 aliphatic carbocycles. The second-order valence-corrected chi connectivity index (χ2v) is 3.82. The van der Waals surface area contributed by atoms with Gasteiger partial charge in [0.15, 0.2) is 0 Å². The Morgan fingerprint density at radius 2 is 2.46 bits per heavy atom. The van der Waals surface area contributed by atoms with Crippen LogP contribution in [0.1, 0.15) is 11.1 Å². The van der Waals surface area contributed by atoms with Crippen molar-refractivity contribution in [2.24, 2.45) is 5.73 Å². The standard InChI is InChI=1S/C9H11N3S/c1-6-2-3-13-9(6)8-7(4-10)5-11-12-8/h2-3,5H,4,10H2,1H3,(H,11,12). The van der Waals surface area contributed by atoms with Crippen LogP contribution in [0.25, 0.3) is 10.6 Å². The lowest BCUT2D eigenvalue weighted by atomic mass is 10.2. The minimum Gasteiger partial charge on any atom is -0.326 e. The highest BCUT2D eigenvalue weighted by atomic mass is 32.1. The fraction of sp³-hybridized carbons (Fsp3) is 0.222. The maximum Gasteiger partial charge on any atom is 0.0797 e. The van der Waals surface area contributed by atoms with E-state index in [2.05, 4.69) is 28.6 Å². The van der Waals surface area contributed by atoms with E-state index >= 15 is 0 Å². The number of nitrogens with two attached hydrogens (primary N) is 1. The summed E-state index contributed by atoms with van der Waals surface area (Å²) in [6.07, 6.45) is 1.79. The topological polar surface area (TPSA) is 54.7 Å². The number of hydrogen-bond donors (Lipinski definition) is 2. The zero-order valence-corrected chi connectivity index (χ0v) is 8.19. The van der Waals surface area contributed by atoms with E-state index in [9.17, 15) is 0 Å². The van der Waals surface area contributed by atoms with Crippen molar-refractivity contribution in [2.45, 2.75) is 13.5 Å². The van der Waals surface area contributed by atoms with Gasteiger partial charge in [0.05, 0.1) is 16.8 Å². The molecule has 2 heterocycles. The first-order valence-electron chi connectivity index (χ1n) is 4.09. The number of aromatic amines is 1. The summed E-state index contributed by atoms with van der Waals surface area (Å²) in [6, 6.07) is 2.10. The number of aromatic nitrogens is 2. The van der Waals surface area contributed by atoms with Crippen LogP contribution in [-0.4, -0.2) is 10.2 Å². The average molecular weight is 193 g/mol. The summed E-state index contributed by atoms with van der Waals surface area (Å²) >= 11 is 1.71. The molecule has 68 valence electrons. The molecular weight excluding hydrogens is 182 g/mol. The normalized spacial score (nSPS) is 10.6. The average Bonchev–Trinajstić information content (AvgIpc) is 2.71. The van der Waals surface area contributed by atoms with Gasteiger partial charge in [-0.05, 0) is 23.9 Å². The highest BCUT2D eigenvalue weighted by molar-refractivity contribution is 7.13. The second kappa shape index (κ2) is 3.32. The molecule has 0 atom stereocenters. The summed E-state index contributed by atoms with van der Waals surface area (Å²) in [6.45, 7) is 2.62. The van der Waals surface area contributed by atoms with E-state index in [1.807, 2.05) is 0 Å². The largest absolute Gasteiger partial charge is 0.326 e. The third-order valence-electron chi connectivity index (χ3n) is 2.03. The lowest BCUT2D eigenvalue weighted by Crippen LogP contribution is -1.96. The maximum atomic E-state index is 5.60. The minimum absolute atomic E-state index is 0.531. The summed E-state index contributed by atoms with van der Waals surface area (Å²) in [5, 5.41) is 9.05. The van der Waals surface area contributed by atoms with Gasteiger partial charge in [0, 0.05) is 12.1 Å². The molecule has 0 amide bonds. The van der Waals surface area contributed by atoms with Gasteiger partial charge in [0.2, 0.25) is 0 Å². The van der Waals surface area contributed by atoms with Crippen LogP contribution in [0.3, 0.4) is 0 Å². The summed E-state index contributed by atoms with van der Waals surface area (Å²) in [5.41, 5.74) is 9.00. The predicted molar refractivity (Wildman–Crippen MR) is 54.5 cm³/mol. The molecule has 0 fully saturated rings. The van der Waals surface area contributed by atoms with Crippen molar-refractivity contribution in [2.75, 3.05) is 0 Å². The van der Waals surface area contributed by atoms with Crippen LogP contribution in [0.5, 0.6) is 0 Å². The van der Waals surface area contributed by atoms with Gasteiger partial charge in [0.1, 0.15) is 0 Å². The van der Waals surface area contributed by atoms with Crippen molar-refractivity contribution in [3.63, 3.8) is 0 Å². The Kier molecular flexibility index (Phi) is 2.16. The van der Waals surface area contributed by atoms with Crippen LogP contribution in [0.15, 0.2) is 17.6 Å². The fourth-order valence-electron chi connectivity index (χ4n) is 1.29. The summed E-state index contributed by atoms with van der Waals surface area (Å²) < 4.78 is 0. The number of nitrogens with zero attached hydrogens (tertiary/aromatic N) is 1. The lowest BCUT2D eigenvalue weighted by Gasteiger charge is -1.98. The molecule has 0 saturated carbocycles. The maximum absolute atomic E-state index is 5.60.